The fourth-order valence-corrected chi connectivity index (χ4v) is 2.04. The molecule has 2 N–H and O–H groups in total. The second kappa shape index (κ2) is 5.44. The summed E-state index contributed by atoms with van der Waals surface area (Å²) in [6.45, 7) is 0. The first-order chi connectivity index (χ1) is 10.1. The Bertz CT molecular complexity index is 759. The summed E-state index contributed by atoms with van der Waals surface area (Å²) in [5.41, 5.74) is 5.62. The van der Waals surface area contributed by atoms with Crippen LogP contribution >= 0.6 is 15.9 Å². The number of anilines is 1. The number of halogens is 2. The van der Waals surface area contributed by atoms with Crippen molar-refractivity contribution in [3.05, 3.63) is 47.2 Å². The Morgan fingerprint density at radius 1 is 1.19 bits per heavy atom. The van der Waals surface area contributed by atoms with E-state index < -0.39 is 5.82 Å². The third kappa shape index (κ3) is 3.14. The Balaban J connectivity index is 1.95. The predicted molar refractivity (Wildman–Crippen MR) is 75.5 cm³/mol. The maximum Gasteiger partial charge on any atom is 0.328 e. The van der Waals surface area contributed by atoms with Crippen molar-refractivity contribution in [2.75, 3.05) is 5.73 Å². The molecule has 0 fully saturated rings. The summed E-state index contributed by atoms with van der Waals surface area (Å²) < 4.78 is 20.8. The van der Waals surface area contributed by atoms with Gasteiger partial charge in [0, 0.05) is 22.9 Å². The van der Waals surface area contributed by atoms with E-state index in [2.05, 4.69) is 35.9 Å². The number of rotatable bonds is 3. The molecule has 0 bridgehead atoms. The number of aromatic nitrogens is 5. The van der Waals surface area contributed by atoms with Crippen LogP contribution in [-0.4, -0.2) is 24.5 Å². The van der Waals surface area contributed by atoms with E-state index in [1.165, 1.54) is 18.5 Å². The number of imidazole rings is 1. The SMILES string of the molecule is Nc1nc(Oc2cc(F)cc(Br)c2)nc(-n2ccnc2)n1. The lowest BCUT2D eigenvalue weighted by Gasteiger charge is -2.07. The van der Waals surface area contributed by atoms with Crippen molar-refractivity contribution in [3.8, 4) is 17.7 Å². The quantitative estimate of drug-likeness (QED) is 0.779. The van der Waals surface area contributed by atoms with Gasteiger partial charge in [0.15, 0.2) is 0 Å². The van der Waals surface area contributed by atoms with Gasteiger partial charge in [0.2, 0.25) is 11.9 Å². The lowest BCUT2D eigenvalue weighted by Crippen LogP contribution is -2.06. The monoisotopic (exact) mass is 350 g/mol. The van der Waals surface area contributed by atoms with E-state index in [0.29, 0.717) is 4.47 Å². The van der Waals surface area contributed by atoms with E-state index in [9.17, 15) is 4.39 Å². The third-order valence-corrected chi connectivity index (χ3v) is 2.86. The summed E-state index contributed by atoms with van der Waals surface area (Å²) in [4.78, 5) is 15.8. The maximum atomic E-state index is 13.3. The second-order valence-electron chi connectivity index (χ2n) is 3.95. The van der Waals surface area contributed by atoms with Gasteiger partial charge in [-0.25, -0.2) is 9.37 Å². The number of nitrogens with two attached hydrogens (primary N) is 1. The molecule has 0 atom stereocenters. The minimum Gasteiger partial charge on any atom is -0.424 e. The van der Waals surface area contributed by atoms with Crippen LogP contribution in [0.15, 0.2) is 41.4 Å². The first-order valence-corrected chi connectivity index (χ1v) is 6.53. The molecule has 3 rings (SSSR count). The topological polar surface area (TPSA) is 91.7 Å². The molecule has 0 amide bonds. The Hall–Kier alpha value is -2.55. The van der Waals surface area contributed by atoms with Gasteiger partial charge in [0.25, 0.3) is 0 Å². The van der Waals surface area contributed by atoms with Gasteiger partial charge >= 0.3 is 6.01 Å². The molecule has 7 nitrogen and oxygen atoms in total. The van der Waals surface area contributed by atoms with Gasteiger partial charge in [-0.15, -0.1) is 0 Å². The van der Waals surface area contributed by atoms with Gasteiger partial charge in [-0.2, -0.15) is 15.0 Å². The molecule has 2 aromatic heterocycles. The van der Waals surface area contributed by atoms with Crippen molar-refractivity contribution in [1.29, 1.82) is 0 Å². The molecule has 2 heterocycles. The molecule has 0 aliphatic heterocycles. The van der Waals surface area contributed by atoms with Gasteiger partial charge in [0.1, 0.15) is 17.9 Å². The maximum absolute atomic E-state index is 13.3. The lowest BCUT2D eigenvalue weighted by atomic mass is 10.3. The average Bonchev–Trinajstić information content (AvgIpc) is 2.90. The number of benzene rings is 1. The van der Waals surface area contributed by atoms with Crippen molar-refractivity contribution < 1.29 is 9.13 Å². The normalized spacial score (nSPS) is 10.6. The number of hydrogen-bond acceptors (Lipinski definition) is 6. The van der Waals surface area contributed by atoms with Gasteiger partial charge in [-0.05, 0) is 12.1 Å². The van der Waals surface area contributed by atoms with Gasteiger partial charge in [-0.1, -0.05) is 15.9 Å². The summed E-state index contributed by atoms with van der Waals surface area (Å²) in [5, 5.41) is 0. The van der Waals surface area contributed by atoms with E-state index in [-0.39, 0.29) is 23.7 Å². The lowest BCUT2D eigenvalue weighted by molar-refractivity contribution is 0.435. The van der Waals surface area contributed by atoms with Crippen molar-refractivity contribution in [1.82, 2.24) is 24.5 Å². The van der Waals surface area contributed by atoms with Crippen molar-refractivity contribution in [2.24, 2.45) is 0 Å². The van der Waals surface area contributed by atoms with Crippen LogP contribution in [0.1, 0.15) is 0 Å². The van der Waals surface area contributed by atoms with Gasteiger partial charge < -0.3 is 10.5 Å². The van der Waals surface area contributed by atoms with Crippen molar-refractivity contribution >= 4 is 21.9 Å². The number of nitrogen functional groups attached to an aromatic ring is 1. The largest absolute Gasteiger partial charge is 0.424 e. The molecule has 21 heavy (non-hydrogen) atoms. The fourth-order valence-electron chi connectivity index (χ4n) is 1.59. The first-order valence-electron chi connectivity index (χ1n) is 5.74. The average molecular weight is 351 g/mol. The Morgan fingerprint density at radius 3 is 2.76 bits per heavy atom. The third-order valence-electron chi connectivity index (χ3n) is 2.40. The first kappa shape index (κ1) is 13.4. The minimum absolute atomic E-state index is 0.0147. The fraction of sp³-hybridized carbons (Fsp3) is 0. The minimum atomic E-state index is -0.448. The molecule has 0 radical (unpaired) electrons. The highest BCUT2D eigenvalue weighted by molar-refractivity contribution is 9.10. The molecular weight excluding hydrogens is 343 g/mol. The number of ether oxygens (including phenoxy) is 1. The number of nitrogens with zero attached hydrogens (tertiary/aromatic N) is 5. The molecule has 0 saturated carbocycles. The van der Waals surface area contributed by atoms with Crippen molar-refractivity contribution in [3.63, 3.8) is 0 Å². The zero-order valence-corrected chi connectivity index (χ0v) is 12.0. The molecular formula is C12H8BrFN6O. The van der Waals surface area contributed by atoms with Crippen LogP contribution in [0.5, 0.6) is 11.8 Å². The second-order valence-corrected chi connectivity index (χ2v) is 4.87. The zero-order valence-electron chi connectivity index (χ0n) is 10.4. The zero-order chi connectivity index (χ0) is 14.8. The standard InChI is InChI=1S/C12H8BrFN6O/c13-7-3-8(14)5-9(4-7)21-12-18-10(15)17-11(19-12)20-2-1-16-6-20/h1-6H,(H2,15,17,18,19). The van der Waals surface area contributed by atoms with E-state index in [1.54, 1.807) is 23.0 Å². The molecule has 0 unspecified atom stereocenters. The summed E-state index contributed by atoms with van der Waals surface area (Å²) in [7, 11) is 0. The van der Waals surface area contributed by atoms with E-state index >= 15 is 0 Å². The summed E-state index contributed by atoms with van der Waals surface area (Å²) in [5.74, 6) is 0.0323. The molecule has 106 valence electrons. The smallest absolute Gasteiger partial charge is 0.328 e. The molecule has 0 spiro atoms. The molecule has 0 aliphatic rings. The van der Waals surface area contributed by atoms with Crippen LogP contribution in [0, 0.1) is 5.82 Å². The van der Waals surface area contributed by atoms with Crippen LogP contribution < -0.4 is 10.5 Å². The molecule has 1 aromatic carbocycles. The molecule has 0 saturated heterocycles. The highest BCUT2D eigenvalue weighted by atomic mass is 79.9. The van der Waals surface area contributed by atoms with Crippen LogP contribution in [0.3, 0.4) is 0 Å². The number of hydrogen-bond donors (Lipinski definition) is 1. The highest BCUT2D eigenvalue weighted by Crippen LogP contribution is 2.24. The van der Waals surface area contributed by atoms with Gasteiger partial charge in [0.05, 0.1) is 0 Å². The van der Waals surface area contributed by atoms with Gasteiger partial charge in [-0.3, -0.25) is 4.57 Å². The Morgan fingerprint density at radius 2 is 2.05 bits per heavy atom. The van der Waals surface area contributed by atoms with E-state index in [1.807, 2.05) is 0 Å². The predicted octanol–water partition coefficient (Wildman–Crippen LogP) is 2.33. The molecule has 9 heteroatoms. The van der Waals surface area contributed by atoms with Crippen LogP contribution in [0.25, 0.3) is 5.95 Å². The Kier molecular flexibility index (Phi) is 3.48. The summed E-state index contributed by atoms with van der Waals surface area (Å²) in [6, 6.07) is 4.07. The highest BCUT2D eigenvalue weighted by Gasteiger charge is 2.09. The molecule has 0 aliphatic carbocycles. The van der Waals surface area contributed by atoms with Crippen LogP contribution in [0.2, 0.25) is 0 Å². The van der Waals surface area contributed by atoms with E-state index in [0.717, 1.165) is 0 Å². The summed E-state index contributed by atoms with van der Waals surface area (Å²) in [6.07, 6.45) is 4.73. The summed E-state index contributed by atoms with van der Waals surface area (Å²) >= 11 is 3.18. The van der Waals surface area contributed by atoms with Crippen LogP contribution in [0.4, 0.5) is 10.3 Å². The van der Waals surface area contributed by atoms with E-state index in [4.69, 9.17) is 10.5 Å². The van der Waals surface area contributed by atoms with Crippen molar-refractivity contribution in [2.45, 2.75) is 0 Å². The molecule has 3 aromatic rings. The van der Waals surface area contributed by atoms with Crippen LogP contribution in [-0.2, 0) is 0 Å². The Labute approximate surface area is 126 Å².